The molecule has 1 aromatic heterocycles. The molecule has 6 heteroatoms. The van der Waals surface area contributed by atoms with Gasteiger partial charge in [-0.15, -0.1) is 0 Å². The fourth-order valence-corrected chi connectivity index (χ4v) is 2.87. The Morgan fingerprint density at radius 3 is 2.56 bits per heavy atom. The van der Waals surface area contributed by atoms with Crippen LogP contribution in [-0.4, -0.2) is 37.7 Å². The number of hydrogen-bond donors (Lipinski definition) is 1. The number of carbonyl (C=O) groups is 1. The summed E-state index contributed by atoms with van der Waals surface area (Å²) in [6.07, 6.45) is 2.42. The SMILES string of the molecule is COc1ccccc1OCC(=O)Nc1ccc(N2CCCC2)nc1C. The van der Waals surface area contributed by atoms with Crippen LogP contribution in [0.3, 0.4) is 0 Å². The van der Waals surface area contributed by atoms with E-state index in [9.17, 15) is 4.79 Å². The minimum atomic E-state index is -0.232. The van der Waals surface area contributed by atoms with Crippen LogP contribution in [0.1, 0.15) is 18.5 Å². The molecule has 3 rings (SSSR count). The van der Waals surface area contributed by atoms with E-state index in [1.165, 1.54) is 12.8 Å². The molecule has 6 nitrogen and oxygen atoms in total. The number of aryl methyl sites for hydroxylation is 1. The number of anilines is 2. The van der Waals surface area contributed by atoms with Crippen molar-refractivity contribution in [2.45, 2.75) is 19.8 Å². The summed E-state index contributed by atoms with van der Waals surface area (Å²) in [6.45, 7) is 3.90. The van der Waals surface area contributed by atoms with Gasteiger partial charge in [-0.05, 0) is 44.0 Å². The standard InChI is InChI=1S/C19H23N3O3/c1-14-15(9-10-18(20-14)22-11-5-6-12-22)21-19(23)13-25-17-8-4-3-7-16(17)24-2/h3-4,7-10H,5-6,11-13H2,1-2H3,(H,21,23). The van der Waals surface area contributed by atoms with E-state index in [0.29, 0.717) is 17.2 Å². The molecule has 0 spiro atoms. The topological polar surface area (TPSA) is 63.7 Å². The number of ether oxygens (including phenoxy) is 2. The van der Waals surface area contributed by atoms with Crippen LogP contribution in [0.4, 0.5) is 11.5 Å². The summed E-state index contributed by atoms with van der Waals surface area (Å²) in [5.74, 6) is 1.88. The molecule has 0 unspecified atom stereocenters. The van der Waals surface area contributed by atoms with Gasteiger partial charge in [0.1, 0.15) is 5.82 Å². The summed E-state index contributed by atoms with van der Waals surface area (Å²) in [4.78, 5) is 19.0. The van der Waals surface area contributed by atoms with Crippen molar-refractivity contribution in [1.82, 2.24) is 4.98 Å². The molecule has 2 heterocycles. The number of methoxy groups -OCH3 is 1. The Kier molecular flexibility index (Phi) is 5.38. The third-order valence-corrected chi connectivity index (χ3v) is 4.20. The molecular weight excluding hydrogens is 318 g/mol. The highest BCUT2D eigenvalue weighted by Gasteiger charge is 2.15. The van der Waals surface area contributed by atoms with Gasteiger partial charge >= 0.3 is 0 Å². The Labute approximate surface area is 147 Å². The lowest BCUT2D eigenvalue weighted by Gasteiger charge is -2.18. The van der Waals surface area contributed by atoms with E-state index < -0.39 is 0 Å². The molecule has 0 atom stereocenters. The second kappa shape index (κ2) is 7.88. The van der Waals surface area contributed by atoms with Crippen LogP contribution in [0.2, 0.25) is 0 Å². The lowest BCUT2D eigenvalue weighted by molar-refractivity contribution is -0.118. The van der Waals surface area contributed by atoms with E-state index in [4.69, 9.17) is 9.47 Å². The highest BCUT2D eigenvalue weighted by atomic mass is 16.5. The molecule has 1 saturated heterocycles. The van der Waals surface area contributed by atoms with Gasteiger partial charge in [-0.25, -0.2) is 4.98 Å². The molecule has 1 N–H and O–H groups in total. The number of hydrogen-bond acceptors (Lipinski definition) is 5. The van der Waals surface area contributed by atoms with Crippen LogP contribution < -0.4 is 19.7 Å². The molecule has 0 saturated carbocycles. The van der Waals surface area contributed by atoms with Gasteiger partial charge < -0.3 is 19.7 Å². The van der Waals surface area contributed by atoms with Crippen molar-refractivity contribution in [1.29, 1.82) is 0 Å². The van der Waals surface area contributed by atoms with Gasteiger partial charge in [-0.2, -0.15) is 0 Å². The predicted molar refractivity (Wildman–Crippen MR) is 97.5 cm³/mol. The molecule has 1 fully saturated rings. The normalized spacial score (nSPS) is 13.6. The molecule has 1 aromatic carbocycles. The van der Waals surface area contributed by atoms with Gasteiger partial charge in [0, 0.05) is 13.1 Å². The van der Waals surface area contributed by atoms with Gasteiger partial charge in [-0.3, -0.25) is 4.79 Å². The van der Waals surface area contributed by atoms with Crippen molar-refractivity contribution >= 4 is 17.4 Å². The van der Waals surface area contributed by atoms with Crippen molar-refractivity contribution in [2.24, 2.45) is 0 Å². The smallest absolute Gasteiger partial charge is 0.262 e. The second-order valence-corrected chi connectivity index (χ2v) is 5.98. The van der Waals surface area contributed by atoms with Crippen LogP contribution in [0.15, 0.2) is 36.4 Å². The van der Waals surface area contributed by atoms with E-state index in [-0.39, 0.29) is 12.5 Å². The molecule has 1 aliphatic heterocycles. The van der Waals surface area contributed by atoms with Crippen molar-refractivity contribution in [3.63, 3.8) is 0 Å². The highest BCUT2D eigenvalue weighted by Crippen LogP contribution is 2.26. The first-order valence-electron chi connectivity index (χ1n) is 8.45. The summed E-state index contributed by atoms with van der Waals surface area (Å²) < 4.78 is 10.7. The highest BCUT2D eigenvalue weighted by molar-refractivity contribution is 5.92. The minimum absolute atomic E-state index is 0.0896. The van der Waals surface area contributed by atoms with E-state index >= 15 is 0 Å². The third-order valence-electron chi connectivity index (χ3n) is 4.20. The van der Waals surface area contributed by atoms with Gasteiger partial charge in [0.25, 0.3) is 5.91 Å². The Morgan fingerprint density at radius 1 is 1.16 bits per heavy atom. The molecular formula is C19H23N3O3. The molecule has 25 heavy (non-hydrogen) atoms. The number of rotatable bonds is 6. The molecule has 0 bridgehead atoms. The first-order chi connectivity index (χ1) is 12.2. The quantitative estimate of drug-likeness (QED) is 0.875. The van der Waals surface area contributed by atoms with Gasteiger partial charge in [0.15, 0.2) is 18.1 Å². The lowest BCUT2D eigenvalue weighted by Crippen LogP contribution is -2.22. The number of nitrogens with zero attached hydrogens (tertiary/aromatic N) is 2. The third kappa shape index (κ3) is 4.21. The van der Waals surface area contributed by atoms with Crippen LogP contribution in [0, 0.1) is 6.92 Å². The van der Waals surface area contributed by atoms with Crippen molar-refractivity contribution in [3.05, 3.63) is 42.1 Å². The summed E-state index contributed by atoms with van der Waals surface area (Å²) in [5, 5.41) is 2.85. The summed E-state index contributed by atoms with van der Waals surface area (Å²) in [6, 6.07) is 11.1. The van der Waals surface area contributed by atoms with E-state index in [2.05, 4.69) is 15.2 Å². The van der Waals surface area contributed by atoms with Gasteiger partial charge in [-0.1, -0.05) is 12.1 Å². The van der Waals surface area contributed by atoms with Crippen molar-refractivity contribution in [3.8, 4) is 11.5 Å². The first-order valence-corrected chi connectivity index (χ1v) is 8.45. The monoisotopic (exact) mass is 341 g/mol. The average Bonchev–Trinajstić information content (AvgIpc) is 3.16. The fraction of sp³-hybridized carbons (Fsp3) is 0.368. The average molecular weight is 341 g/mol. The number of pyridine rings is 1. The van der Waals surface area contributed by atoms with Gasteiger partial charge in [0.2, 0.25) is 0 Å². The molecule has 2 aromatic rings. The predicted octanol–water partition coefficient (Wildman–Crippen LogP) is 3.02. The first kappa shape index (κ1) is 17.1. The zero-order chi connectivity index (χ0) is 17.6. The number of para-hydroxylation sites is 2. The Morgan fingerprint density at radius 2 is 1.88 bits per heavy atom. The molecule has 132 valence electrons. The zero-order valence-electron chi connectivity index (χ0n) is 14.6. The number of carbonyl (C=O) groups excluding carboxylic acids is 1. The van der Waals surface area contributed by atoms with E-state index in [1.54, 1.807) is 19.2 Å². The number of benzene rings is 1. The van der Waals surface area contributed by atoms with Crippen LogP contribution in [0.25, 0.3) is 0 Å². The molecule has 1 aliphatic rings. The van der Waals surface area contributed by atoms with E-state index in [0.717, 1.165) is 24.6 Å². The Bertz CT molecular complexity index is 742. The molecule has 1 amide bonds. The Hall–Kier alpha value is -2.76. The van der Waals surface area contributed by atoms with Crippen LogP contribution in [0.5, 0.6) is 11.5 Å². The maximum Gasteiger partial charge on any atom is 0.262 e. The summed E-state index contributed by atoms with van der Waals surface area (Å²) in [7, 11) is 1.57. The molecule has 0 aliphatic carbocycles. The summed E-state index contributed by atoms with van der Waals surface area (Å²) >= 11 is 0. The number of nitrogens with one attached hydrogen (secondary N) is 1. The van der Waals surface area contributed by atoms with E-state index in [1.807, 2.05) is 31.2 Å². The number of aromatic nitrogens is 1. The van der Waals surface area contributed by atoms with Crippen molar-refractivity contribution < 1.29 is 14.3 Å². The lowest BCUT2D eigenvalue weighted by atomic mass is 10.3. The van der Waals surface area contributed by atoms with Gasteiger partial charge in [0.05, 0.1) is 18.5 Å². The second-order valence-electron chi connectivity index (χ2n) is 5.98. The summed E-state index contributed by atoms with van der Waals surface area (Å²) in [5.41, 5.74) is 1.51. The maximum absolute atomic E-state index is 12.2. The van der Waals surface area contributed by atoms with Crippen LogP contribution >= 0.6 is 0 Å². The largest absolute Gasteiger partial charge is 0.493 e. The fourth-order valence-electron chi connectivity index (χ4n) is 2.87. The zero-order valence-corrected chi connectivity index (χ0v) is 14.6. The Balaban J connectivity index is 1.59. The molecule has 0 radical (unpaired) electrons. The number of amides is 1. The maximum atomic E-state index is 12.2. The van der Waals surface area contributed by atoms with Crippen molar-refractivity contribution in [2.75, 3.05) is 37.0 Å². The minimum Gasteiger partial charge on any atom is -0.493 e. The van der Waals surface area contributed by atoms with Crippen LogP contribution in [-0.2, 0) is 4.79 Å².